The third kappa shape index (κ3) is 119. The molecule has 0 amide bonds. The Morgan fingerprint density at radius 2 is 0.981 bits per heavy atom. The molecule has 2 atom stereocenters. The molecule has 0 aromatic heterocycles. The molecule has 2 radical (unpaired) electrons. The van der Waals surface area contributed by atoms with Crippen molar-refractivity contribution in [2.45, 2.75) is 72.6 Å². The van der Waals surface area contributed by atoms with Gasteiger partial charge in [-0.2, -0.15) is 0 Å². The number of ketones is 2. The Morgan fingerprint density at radius 3 is 1.17 bits per heavy atom. The summed E-state index contributed by atoms with van der Waals surface area (Å²) in [7, 11) is 0. The zero-order valence-electron chi connectivity index (χ0n) is 29.1. The molecule has 0 aliphatic carbocycles. The van der Waals surface area contributed by atoms with E-state index in [1.165, 1.54) is 13.8 Å². The zero-order valence-corrected chi connectivity index (χ0v) is 34.7. The second kappa shape index (κ2) is 49.4. The number of nitrogens with zero attached hydrogens (tertiary/aromatic N) is 4. The summed E-state index contributed by atoms with van der Waals surface area (Å²) in [5.74, 6) is 0.0218. The van der Waals surface area contributed by atoms with E-state index in [2.05, 4.69) is 19.1 Å². The number of ether oxygens (including phenoxy) is 2. The smallest absolute Gasteiger partial charge is 0.450 e. The van der Waals surface area contributed by atoms with Gasteiger partial charge in [0.05, 0.1) is 19.0 Å². The molecule has 0 rings (SSSR count). The molecule has 0 fully saturated rings. The average Bonchev–Trinajstić information content (AvgIpc) is 2.95. The zero-order chi connectivity index (χ0) is 40.7. The van der Waals surface area contributed by atoms with Gasteiger partial charge in [-0.1, -0.05) is 26.7 Å². The van der Waals surface area contributed by atoms with Gasteiger partial charge < -0.3 is 51.2 Å². The Bertz CT molecular complexity index is 922. The minimum Gasteiger partial charge on any atom is -0.450 e. The van der Waals surface area contributed by atoms with Crippen LogP contribution in [-0.2, 0) is 94.2 Å². The predicted molar refractivity (Wildman–Crippen MR) is 164 cm³/mol. The maximum absolute atomic E-state index is 10.1. The van der Waals surface area contributed by atoms with Crippen LogP contribution in [0.1, 0.15) is 72.6 Å². The van der Waals surface area contributed by atoms with Crippen LogP contribution >= 0.6 is 0 Å². The van der Waals surface area contributed by atoms with Crippen LogP contribution in [0, 0.1) is 57.7 Å². The van der Waals surface area contributed by atoms with Crippen molar-refractivity contribution in [2.75, 3.05) is 33.0 Å². The van der Waals surface area contributed by atoms with E-state index < -0.39 is 45.9 Å². The van der Waals surface area contributed by atoms with E-state index in [1.807, 2.05) is 13.8 Å². The number of rotatable bonds is 19. The van der Waals surface area contributed by atoms with Gasteiger partial charge in [-0.25, -0.2) is 9.59 Å². The molecule has 0 heterocycles. The molecule has 29 heteroatoms. The van der Waals surface area contributed by atoms with E-state index in [9.17, 15) is 39.4 Å². The SMILES string of the molecule is CC(=O)CO[N+](=O)[O-].CC(=O)CO[N+](=O)[O-].CC(CCCCC(=N)N)COC(=O)O.CC(CCCCN)COC(=O)O.O=[N+]([O-])O.O=[N+]([O-])O.[Y].[Y]. The first kappa shape index (κ1) is 66.6. The Balaban J connectivity index is -0.0000000778. The molecule has 9 N–H and O–H groups in total. The number of Topliss-reactive ketones (excluding diaryl/α,β-unsaturated/α-hetero) is 2. The van der Waals surface area contributed by atoms with Crippen LogP contribution in [0.4, 0.5) is 9.59 Å². The van der Waals surface area contributed by atoms with E-state index in [-0.39, 0.29) is 95.3 Å². The van der Waals surface area contributed by atoms with Crippen molar-refractivity contribution in [3.05, 3.63) is 40.5 Å². The fourth-order valence-electron chi connectivity index (χ4n) is 2.33. The normalized spacial score (nSPS) is 9.56. The topological polar surface area (TPSA) is 435 Å². The predicted octanol–water partition coefficient (Wildman–Crippen LogP) is 2.13. The molecule has 0 bridgehead atoms. The van der Waals surface area contributed by atoms with Crippen LogP contribution in [0.2, 0.25) is 0 Å². The minimum absolute atomic E-state index is 0. The maximum Gasteiger partial charge on any atom is 0.505 e. The summed E-state index contributed by atoms with van der Waals surface area (Å²) in [6, 6.07) is 0. The Labute approximate surface area is 347 Å². The quantitative estimate of drug-likeness (QED) is 0.0244. The Kier molecular flexibility index (Phi) is 63.3. The molecule has 2 unspecified atom stereocenters. The summed E-state index contributed by atoms with van der Waals surface area (Å²) in [5, 5.41) is 67.4. The van der Waals surface area contributed by atoms with E-state index in [1.54, 1.807) is 0 Å². The minimum atomic E-state index is -1.50. The summed E-state index contributed by atoms with van der Waals surface area (Å²) >= 11 is 0. The first-order valence-corrected chi connectivity index (χ1v) is 13.8. The third-order valence-corrected chi connectivity index (χ3v) is 4.27. The van der Waals surface area contributed by atoms with Crippen LogP contribution < -0.4 is 11.5 Å². The molecular weight excluding hydrogens is 872 g/mol. The van der Waals surface area contributed by atoms with Crippen LogP contribution in [0.15, 0.2) is 0 Å². The molecule has 27 nitrogen and oxygen atoms in total. The van der Waals surface area contributed by atoms with Gasteiger partial charge in [0.15, 0.2) is 24.8 Å². The van der Waals surface area contributed by atoms with Crippen LogP contribution in [0.3, 0.4) is 0 Å². The summed E-state index contributed by atoms with van der Waals surface area (Å²) in [6.45, 7) is 6.67. The van der Waals surface area contributed by atoms with Gasteiger partial charge in [0.25, 0.3) is 20.3 Å². The van der Waals surface area contributed by atoms with Crippen molar-refractivity contribution in [3.63, 3.8) is 0 Å². The summed E-state index contributed by atoms with van der Waals surface area (Å²) < 4.78 is 8.85. The van der Waals surface area contributed by atoms with Crippen LogP contribution in [-0.4, -0.2) is 104 Å². The van der Waals surface area contributed by atoms with Gasteiger partial charge in [0.2, 0.25) is 0 Å². The van der Waals surface area contributed by atoms with Crippen molar-refractivity contribution in [1.82, 2.24) is 0 Å². The van der Waals surface area contributed by atoms with Gasteiger partial charge in [-0.15, -0.1) is 40.5 Å². The van der Waals surface area contributed by atoms with Crippen molar-refractivity contribution in [1.29, 1.82) is 5.41 Å². The summed E-state index contributed by atoms with van der Waals surface area (Å²) in [6.07, 6.45) is 3.95. The van der Waals surface area contributed by atoms with E-state index in [4.69, 9.17) is 57.7 Å². The number of carbonyl (C=O) groups excluding carboxylic acids is 2. The first-order valence-electron chi connectivity index (χ1n) is 13.8. The van der Waals surface area contributed by atoms with E-state index in [0.29, 0.717) is 25.5 Å². The molecule has 0 aromatic carbocycles. The van der Waals surface area contributed by atoms with Crippen molar-refractivity contribution in [2.24, 2.45) is 23.3 Å². The summed E-state index contributed by atoms with van der Waals surface area (Å²) in [4.78, 5) is 82.6. The molecule has 300 valence electrons. The standard InChI is InChI=1S/C9H18N2O3.C8H17NO3.2C3H5NO4.2HNO3.2Y/c1-7(6-14-9(12)13)4-2-3-5-8(10)11;1-7(4-2-3-5-9)6-12-8(10)11;2*1-3(5)2-8-4(6)7;2*2-1(3)4;;/h7H,2-6H2,1H3,(H3,10,11)(H,12,13);7H,2-6,9H2,1H3,(H,10,11);2*2H2,1H3;2*(H,2,3,4);;. The summed E-state index contributed by atoms with van der Waals surface area (Å²) in [5.41, 5.74) is 10.5. The third-order valence-electron chi connectivity index (χ3n) is 4.27. The van der Waals surface area contributed by atoms with E-state index in [0.717, 1.165) is 38.5 Å². The molecule has 0 saturated carbocycles. The van der Waals surface area contributed by atoms with Crippen LogP contribution in [0.5, 0.6) is 0 Å². The fourth-order valence-corrected chi connectivity index (χ4v) is 2.33. The molecule has 52 heavy (non-hydrogen) atoms. The number of hydrogen-bond donors (Lipinski definition) is 7. The van der Waals surface area contributed by atoms with Gasteiger partial charge in [0, 0.05) is 71.8 Å². The second-order valence-electron chi connectivity index (χ2n) is 9.29. The first-order chi connectivity index (χ1) is 22.9. The molecular formula is C23H47N7O20Y2. The molecule has 0 aliphatic heterocycles. The van der Waals surface area contributed by atoms with Gasteiger partial charge in [-0.05, 0) is 57.9 Å². The molecule has 0 aliphatic rings. The maximum atomic E-state index is 10.1. The van der Waals surface area contributed by atoms with Gasteiger partial charge in [-0.3, -0.25) is 15.0 Å². The molecule has 0 spiro atoms. The average molecular weight is 919 g/mol. The van der Waals surface area contributed by atoms with Crippen LogP contribution in [0.25, 0.3) is 0 Å². The number of hydrogen-bond acceptors (Lipinski definition) is 18. The monoisotopic (exact) mass is 919 g/mol. The van der Waals surface area contributed by atoms with Crippen molar-refractivity contribution >= 4 is 29.7 Å². The van der Waals surface area contributed by atoms with Gasteiger partial charge >= 0.3 is 12.3 Å². The number of nitrogens with two attached hydrogens (primary N) is 2. The van der Waals surface area contributed by atoms with Crippen molar-refractivity contribution < 1.29 is 145 Å². The van der Waals surface area contributed by atoms with E-state index >= 15 is 0 Å². The number of unbranched alkanes of at least 4 members (excludes halogenated alkanes) is 2. The fraction of sp³-hybridized carbons (Fsp3) is 0.783. The Morgan fingerprint density at radius 1 is 0.692 bits per heavy atom. The second-order valence-corrected chi connectivity index (χ2v) is 9.29. The number of carboxylic acid groups (broad SMARTS) is 2. The number of carbonyl (C=O) groups is 4. The molecule has 0 saturated heterocycles. The van der Waals surface area contributed by atoms with Gasteiger partial charge in [0.1, 0.15) is 0 Å². The number of amidine groups is 1. The van der Waals surface area contributed by atoms with Crippen molar-refractivity contribution in [3.8, 4) is 0 Å². The Hall–Kier alpha value is -3.68. The molecule has 0 aromatic rings. The largest absolute Gasteiger partial charge is 0.505 e. The number of nitrogens with one attached hydrogen (secondary N) is 1.